The molecule has 0 radical (unpaired) electrons. The Hall–Kier alpha value is -1.84. The Morgan fingerprint density at radius 1 is 1.32 bits per heavy atom. The summed E-state index contributed by atoms with van der Waals surface area (Å²) in [6.45, 7) is 1.71. The Bertz CT molecular complexity index is 535. The minimum atomic E-state index is -3.20. The van der Waals surface area contributed by atoms with Crippen LogP contribution in [-0.2, 0) is 10.0 Å². The Morgan fingerprint density at radius 3 is 2.26 bits per heavy atom. The third kappa shape index (κ3) is 9.83. The molecule has 6 heteroatoms. The van der Waals surface area contributed by atoms with E-state index in [4.69, 9.17) is 5.11 Å². The van der Waals surface area contributed by atoms with Crippen LogP contribution in [0.1, 0.15) is 23.7 Å². The zero-order chi connectivity index (χ0) is 14.7. The van der Waals surface area contributed by atoms with E-state index in [1.807, 2.05) is 6.07 Å². The monoisotopic (exact) mass is 283 g/mol. The Kier molecular flexibility index (Phi) is 8.25. The first-order valence-corrected chi connectivity index (χ1v) is 7.38. The molecule has 0 aromatic heterocycles. The van der Waals surface area contributed by atoms with Crippen LogP contribution in [0.25, 0.3) is 0 Å². The lowest BCUT2D eigenvalue weighted by Crippen LogP contribution is -2.24. The van der Waals surface area contributed by atoms with Gasteiger partial charge in [0.25, 0.3) is 0 Å². The molecule has 0 spiro atoms. The van der Waals surface area contributed by atoms with Crippen molar-refractivity contribution < 1.29 is 18.3 Å². The third-order valence-corrected chi connectivity index (χ3v) is 2.65. The van der Waals surface area contributed by atoms with E-state index >= 15 is 0 Å². The highest BCUT2D eigenvalue weighted by molar-refractivity contribution is 7.88. The molecule has 0 atom stereocenters. The maximum Gasteiger partial charge on any atom is 0.208 e. The molecule has 0 aliphatic heterocycles. The van der Waals surface area contributed by atoms with Gasteiger partial charge < -0.3 is 5.11 Å². The number of ketones is 1. The van der Waals surface area contributed by atoms with Crippen LogP contribution in [0.15, 0.2) is 30.3 Å². The van der Waals surface area contributed by atoms with Crippen molar-refractivity contribution >= 4 is 15.8 Å². The summed E-state index contributed by atoms with van der Waals surface area (Å²) in [5.74, 6) is 2.17. The summed E-state index contributed by atoms with van der Waals surface area (Å²) >= 11 is 0. The number of carbonyl (C=O) groups is 1. The molecule has 0 amide bonds. The summed E-state index contributed by atoms with van der Waals surface area (Å²) in [7, 11) is -3.20. The zero-order valence-electron chi connectivity index (χ0n) is 10.9. The lowest BCUT2D eigenvalue weighted by atomic mass is 10.1. The van der Waals surface area contributed by atoms with Crippen LogP contribution in [0.2, 0.25) is 0 Å². The summed E-state index contributed by atoms with van der Waals surface area (Å²) in [4.78, 5) is 11.5. The lowest BCUT2D eigenvalue weighted by Gasteiger charge is -2.01. The highest BCUT2D eigenvalue weighted by atomic mass is 32.2. The average molecular weight is 283 g/mol. The molecule has 0 aliphatic rings. The van der Waals surface area contributed by atoms with E-state index in [0.717, 1.165) is 6.26 Å². The molecule has 2 N–H and O–H groups in total. The van der Waals surface area contributed by atoms with E-state index < -0.39 is 10.0 Å². The van der Waals surface area contributed by atoms with Crippen molar-refractivity contribution in [3.05, 3.63) is 35.9 Å². The van der Waals surface area contributed by atoms with Gasteiger partial charge >= 0.3 is 0 Å². The lowest BCUT2D eigenvalue weighted by molar-refractivity contribution is 0.0984. The van der Waals surface area contributed by atoms with Crippen LogP contribution in [0, 0.1) is 12.0 Å². The van der Waals surface area contributed by atoms with Gasteiger partial charge in [-0.2, -0.15) is 0 Å². The molecule has 0 saturated carbocycles. The predicted molar refractivity (Wildman–Crippen MR) is 73.6 cm³/mol. The first-order valence-electron chi connectivity index (χ1n) is 5.49. The van der Waals surface area contributed by atoms with Crippen LogP contribution in [-0.4, -0.2) is 32.1 Å². The van der Waals surface area contributed by atoms with Gasteiger partial charge in [-0.25, -0.2) is 13.1 Å². The van der Waals surface area contributed by atoms with Crippen molar-refractivity contribution in [2.75, 3.05) is 12.8 Å². The molecule has 0 heterocycles. The zero-order valence-corrected chi connectivity index (χ0v) is 11.7. The summed E-state index contributed by atoms with van der Waals surface area (Å²) in [6, 6.07) is 8.80. The highest BCUT2D eigenvalue weighted by Crippen LogP contribution is 2.02. The highest BCUT2D eigenvalue weighted by Gasteiger charge is 2.06. The molecule has 0 bridgehead atoms. The van der Waals surface area contributed by atoms with Crippen molar-refractivity contribution in [1.29, 1.82) is 0 Å². The molecular formula is C13H17NO4S. The van der Waals surface area contributed by atoms with Crippen molar-refractivity contribution in [2.24, 2.45) is 0 Å². The topological polar surface area (TPSA) is 83.5 Å². The fourth-order valence-electron chi connectivity index (χ4n) is 1.12. The maximum absolute atomic E-state index is 11.5. The molecule has 1 aromatic carbocycles. The van der Waals surface area contributed by atoms with Crippen molar-refractivity contribution in [3.63, 3.8) is 0 Å². The number of benzene rings is 1. The molecule has 0 fully saturated rings. The van der Waals surface area contributed by atoms with Gasteiger partial charge in [0.2, 0.25) is 10.0 Å². The van der Waals surface area contributed by atoms with Gasteiger partial charge in [-0.05, 0) is 0 Å². The molecule has 104 valence electrons. The standard InChI is InChI=1S/C10H13NO3S.C3H4O/c1-15(13,14)11-8-7-10(12)9-5-3-2-4-6-9;1-2-3-4/h2-6,11H,7-8H2,1H3;4H,1H3. The molecular weight excluding hydrogens is 266 g/mol. The first-order chi connectivity index (χ1) is 8.90. The van der Waals surface area contributed by atoms with E-state index in [0.29, 0.717) is 5.56 Å². The molecule has 0 saturated heterocycles. The number of aliphatic hydroxyl groups excluding tert-OH is 1. The van der Waals surface area contributed by atoms with Crippen LogP contribution < -0.4 is 4.72 Å². The fourth-order valence-corrected chi connectivity index (χ4v) is 1.59. The minimum absolute atomic E-state index is 0.0632. The number of sulfonamides is 1. The summed E-state index contributed by atoms with van der Waals surface area (Å²) in [6.07, 6.45) is 2.93. The molecule has 5 nitrogen and oxygen atoms in total. The fraction of sp³-hybridized carbons (Fsp3) is 0.308. The second-order valence-corrected chi connectivity index (χ2v) is 5.40. The van der Waals surface area contributed by atoms with Gasteiger partial charge in [-0.15, -0.1) is 0 Å². The van der Waals surface area contributed by atoms with Crippen molar-refractivity contribution in [2.45, 2.75) is 13.3 Å². The molecule has 1 aromatic rings. The number of rotatable bonds is 5. The predicted octanol–water partition coefficient (Wildman–Crippen LogP) is 1.15. The number of Topliss-reactive ketones (excluding diaryl/α,β-unsaturated/α-hetero) is 1. The minimum Gasteiger partial charge on any atom is -0.462 e. The quantitative estimate of drug-likeness (QED) is 0.627. The summed E-state index contributed by atoms with van der Waals surface area (Å²) in [5.41, 5.74) is 0.604. The second kappa shape index (κ2) is 9.14. The van der Waals surface area contributed by atoms with Crippen molar-refractivity contribution in [3.8, 4) is 12.0 Å². The number of carbonyl (C=O) groups excluding carboxylic acids is 1. The van der Waals surface area contributed by atoms with Gasteiger partial charge in [-0.3, -0.25) is 4.79 Å². The van der Waals surface area contributed by atoms with Gasteiger partial charge in [0, 0.05) is 25.5 Å². The summed E-state index contributed by atoms with van der Waals surface area (Å²) in [5, 5.41) is 7.51. The maximum atomic E-state index is 11.5. The summed E-state index contributed by atoms with van der Waals surface area (Å²) < 4.78 is 23.7. The largest absolute Gasteiger partial charge is 0.462 e. The van der Waals surface area contributed by atoms with E-state index in [-0.39, 0.29) is 18.7 Å². The number of hydrogen-bond donors (Lipinski definition) is 2. The molecule has 0 aliphatic carbocycles. The molecule has 1 rings (SSSR count). The van der Waals surface area contributed by atoms with E-state index in [9.17, 15) is 13.2 Å². The van der Waals surface area contributed by atoms with Crippen LogP contribution in [0.4, 0.5) is 0 Å². The van der Waals surface area contributed by atoms with Gasteiger partial charge in [-0.1, -0.05) is 36.3 Å². The Labute approximate surface area is 113 Å². The Balaban J connectivity index is 0.000000711. The van der Waals surface area contributed by atoms with Crippen LogP contribution in [0.5, 0.6) is 0 Å². The SMILES string of the molecule is CC#CO.CS(=O)(=O)NCCC(=O)c1ccccc1. The first kappa shape index (κ1) is 17.2. The van der Waals surface area contributed by atoms with E-state index in [1.54, 1.807) is 37.3 Å². The third-order valence-electron chi connectivity index (χ3n) is 1.92. The van der Waals surface area contributed by atoms with E-state index in [2.05, 4.69) is 10.6 Å². The van der Waals surface area contributed by atoms with Gasteiger partial charge in [0.05, 0.1) is 6.26 Å². The van der Waals surface area contributed by atoms with Gasteiger partial charge in [0.1, 0.15) is 6.11 Å². The number of hydrogen-bond acceptors (Lipinski definition) is 4. The second-order valence-electron chi connectivity index (χ2n) is 3.57. The smallest absolute Gasteiger partial charge is 0.208 e. The van der Waals surface area contributed by atoms with Crippen LogP contribution >= 0.6 is 0 Å². The van der Waals surface area contributed by atoms with Gasteiger partial charge in [0.15, 0.2) is 5.78 Å². The number of nitrogens with one attached hydrogen (secondary N) is 1. The molecule has 19 heavy (non-hydrogen) atoms. The van der Waals surface area contributed by atoms with Crippen molar-refractivity contribution in [1.82, 2.24) is 4.72 Å². The van der Waals surface area contributed by atoms with E-state index in [1.165, 1.54) is 0 Å². The number of aliphatic hydroxyl groups is 1. The normalized spacial score (nSPS) is 9.58. The van der Waals surface area contributed by atoms with Crippen LogP contribution in [0.3, 0.4) is 0 Å². The molecule has 0 unspecified atom stereocenters. The Morgan fingerprint density at radius 2 is 1.84 bits per heavy atom. The average Bonchev–Trinajstić information content (AvgIpc) is 2.38.